The number of hydrogen-bond acceptors (Lipinski definition) is 3. The molecule has 2 aromatic carbocycles. The van der Waals surface area contributed by atoms with Crippen molar-refractivity contribution in [3.05, 3.63) is 64.3 Å². The fraction of sp³-hybridized carbons (Fsp3) is 0.333. The van der Waals surface area contributed by atoms with Crippen LogP contribution in [0.25, 0.3) is 10.9 Å². The summed E-state index contributed by atoms with van der Waals surface area (Å²) in [6.07, 6.45) is -2.73. The molecule has 0 spiro atoms. The Morgan fingerprint density at radius 1 is 1.13 bits per heavy atom. The minimum Gasteiger partial charge on any atom is -0.306 e. The van der Waals surface area contributed by atoms with Gasteiger partial charge < -0.3 is 4.90 Å². The van der Waals surface area contributed by atoms with Crippen LogP contribution in [-0.2, 0) is 29.0 Å². The first-order valence-electron chi connectivity index (χ1n) is 9.41. The van der Waals surface area contributed by atoms with Crippen molar-refractivity contribution in [2.24, 2.45) is 0 Å². The van der Waals surface area contributed by atoms with Crippen molar-refractivity contribution in [1.82, 2.24) is 8.87 Å². The first-order valence-corrected chi connectivity index (χ1v) is 11.2. The van der Waals surface area contributed by atoms with Crippen LogP contribution < -0.4 is 0 Å². The molecule has 0 bridgehead atoms. The van der Waals surface area contributed by atoms with Gasteiger partial charge >= 0.3 is 6.18 Å². The SMILES string of the molecule is CN(C)C1CCc2c(c3cc(Cl)ccc3n2S(=O)(=O)c2cccc(C(F)(F)F)c2)C1. The molecule has 1 heterocycles. The molecule has 1 unspecified atom stereocenters. The fourth-order valence-electron chi connectivity index (χ4n) is 4.13. The Morgan fingerprint density at radius 3 is 2.53 bits per heavy atom. The molecule has 0 saturated carbocycles. The molecular weight excluding hydrogens is 437 g/mol. The summed E-state index contributed by atoms with van der Waals surface area (Å²) >= 11 is 6.18. The van der Waals surface area contributed by atoms with Gasteiger partial charge in [-0.15, -0.1) is 0 Å². The van der Waals surface area contributed by atoms with Crippen molar-refractivity contribution < 1.29 is 21.6 Å². The Hall–Kier alpha value is -2.03. The summed E-state index contributed by atoms with van der Waals surface area (Å²) in [5, 5.41) is 1.20. The van der Waals surface area contributed by atoms with Crippen molar-refractivity contribution in [3.63, 3.8) is 0 Å². The van der Waals surface area contributed by atoms with E-state index in [4.69, 9.17) is 11.6 Å². The molecule has 1 aromatic heterocycles. The summed E-state index contributed by atoms with van der Waals surface area (Å²) < 4.78 is 67.7. The Morgan fingerprint density at radius 2 is 1.87 bits per heavy atom. The first kappa shape index (κ1) is 21.2. The van der Waals surface area contributed by atoms with Crippen LogP contribution >= 0.6 is 11.6 Å². The monoisotopic (exact) mass is 456 g/mol. The molecule has 0 saturated heterocycles. The lowest BCUT2D eigenvalue weighted by molar-refractivity contribution is -0.137. The van der Waals surface area contributed by atoms with Crippen LogP contribution in [0.3, 0.4) is 0 Å². The standard InChI is InChI=1S/C21H20ClF3N2O2S/c1-26(2)15-7-9-20-18(12-15)17-11-14(22)6-8-19(17)27(20)30(28,29)16-5-3-4-13(10-16)21(23,24)25/h3-6,8,10-11,15H,7,9,12H2,1-2H3. The van der Waals surface area contributed by atoms with Gasteiger partial charge in [0.25, 0.3) is 10.0 Å². The van der Waals surface area contributed by atoms with Crippen LogP contribution in [0, 0.1) is 0 Å². The van der Waals surface area contributed by atoms with E-state index in [1.165, 1.54) is 10.0 Å². The average molecular weight is 457 g/mol. The van der Waals surface area contributed by atoms with Crippen molar-refractivity contribution in [2.75, 3.05) is 14.1 Å². The lowest BCUT2D eigenvalue weighted by Gasteiger charge is -2.29. The van der Waals surface area contributed by atoms with Crippen molar-refractivity contribution in [2.45, 2.75) is 36.4 Å². The zero-order valence-electron chi connectivity index (χ0n) is 16.4. The van der Waals surface area contributed by atoms with E-state index in [2.05, 4.69) is 4.90 Å². The van der Waals surface area contributed by atoms with Gasteiger partial charge in [-0.1, -0.05) is 17.7 Å². The van der Waals surface area contributed by atoms with Crippen LogP contribution in [0.1, 0.15) is 23.2 Å². The number of likely N-dealkylation sites (N-methyl/N-ethyl adjacent to an activating group) is 1. The van der Waals surface area contributed by atoms with E-state index >= 15 is 0 Å². The number of fused-ring (bicyclic) bond motifs is 3. The smallest absolute Gasteiger partial charge is 0.306 e. The van der Waals surface area contributed by atoms with Crippen molar-refractivity contribution >= 4 is 32.5 Å². The Balaban J connectivity index is 1.96. The second-order valence-corrected chi connectivity index (χ2v) is 9.97. The second kappa shape index (κ2) is 7.28. The Bertz CT molecular complexity index is 1230. The number of benzene rings is 2. The quantitative estimate of drug-likeness (QED) is 0.559. The molecule has 0 radical (unpaired) electrons. The highest BCUT2D eigenvalue weighted by Crippen LogP contribution is 2.38. The first-order chi connectivity index (χ1) is 14.0. The summed E-state index contributed by atoms with van der Waals surface area (Å²) in [5.74, 6) is 0. The molecule has 4 rings (SSSR count). The molecule has 0 N–H and O–H groups in total. The summed E-state index contributed by atoms with van der Waals surface area (Å²) in [7, 11) is -0.290. The molecule has 3 aromatic rings. The molecule has 1 aliphatic rings. The minimum atomic E-state index is -4.63. The van der Waals surface area contributed by atoms with Gasteiger partial charge in [0.2, 0.25) is 0 Å². The number of nitrogens with zero attached hydrogens (tertiary/aromatic N) is 2. The normalized spacial score (nSPS) is 17.5. The third-order valence-electron chi connectivity index (χ3n) is 5.68. The molecule has 0 aliphatic heterocycles. The zero-order valence-corrected chi connectivity index (χ0v) is 17.9. The Labute approximate surface area is 177 Å². The number of aromatic nitrogens is 1. The number of rotatable bonds is 3. The van der Waals surface area contributed by atoms with Gasteiger partial charge in [-0.3, -0.25) is 0 Å². The summed E-state index contributed by atoms with van der Waals surface area (Å²) in [4.78, 5) is 1.71. The van der Waals surface area contributed by atoms with Gasteiger partial charge in [-0.2, -0.15) is 13.2 Å². The van der Waals surface area contributed by atoms with Gasteiger partial charge in [0.1, 0.15) is 0 Å². The maximum atomic E-state index is 13.5. The van der Waals surface area contributed by atoms with E-state index in [9.17, 15) is 21.6 Å². The number of halogens is 4. The highest BCUT2D eigenvalue weighted by Gasteiger charge is 2.34. The molecular formula is C21H20ClF3N2O2S. The third kappa shape index (κ3) is 3.50. The maximum absolute atomic E-state index is 13.5. The highest BCUT2D eigenvalue weighted by atomic mass is 35.5. The predicted molar refractivity (Wildman–Crippen MR) is 110 cm³/mol. The fourth-order valence-corrected chi connectivity index (χ4v) is 5.94. The lowest BCUT2D eigenvalue weighted by Crippen LogP contribution is -2.34. The van der Waals surface area contributed by atoms with Gasteiger partial charge in [0.05, 0.1) is 16.0 Å². The third-order valence-corrected chi connectivity index (χ3v) is 7.66. The average Bonchev–Trinajstić information content (AvgIpc) is 3.01. The topological polar surface area (TPSA) is 42.3 Å². The van der Waals surface area contributed by atoms with Crippen LogP contribution in [0.5, 0.6) is 0 Å². The van der Waals surface area contributed by atoms with Gasteiger partial charge in [0, 0.05) is 22.1 Å². The summed E-state index contributed by atoms with van der Waals surface area (Å²) in [6.45, 7) is 0. The second-order valence-electron chi connectivity index (χ2n) is 7.74. The van der Waals surface area contributed by atoms with Gasteiger partial charge in [-0.05, 0) is 75.3 Å². The maximum Gasteiger partial charge on any atom is 0.416 e. The van der Waals surface area contributed by atoms with E-state index in [1.807, 2.05) is 14.1 Å². The molecule has 1 atom stereocenters. The van der Waals surface area contributed by atoms with Crippen LogP contribution in [0.2, 0.25) is 5.02 Å². The van der Waals surface area contributed by atoms with Gasteiger partial charge in [-0.25, -0.2) is 12.4 Å². The van der Waals surface area contributed by atoms with Crippen LogP contribution in [0.4, 0.5) is 13.2 Å². The highest BCUT2D eigenvalue weighted by molar-refractivity contribution is 7.90. The summed E-state index contributed by atoms with van der Waals surface area (Å²) in [6, 6.07) is 9.05. The van der Waals surface area contributed by atoms with E-state index in [-0.39, 0.29) is 10.9 Å². The van der Waals surface area contributed by atoms with Crippen molar-refractivity contribution in [1.29, 1.82) is 0 Å². The number of alkyl halides is 3. The molecule has 9 heteroatoms. The molecule has 30 heavy (non-hydrogen) atoms. The van der Waals surface area contributed by atoms with E-state index in [1.54, 1.807) is 18.2 Å². The lowest BCUT2D eigenvalue weighted by atomic mass is 9.91. The largest absolute Gasteiger partial charge is 0.416 e. The van der Waals surface area contributed by atoms with E-state index in [0.717, 1.165) is 29.5 Å². The van der Waals surface area contributed by atoms with Gasteiger partial charge in [0.15, 0.2) is 0 Å². The molecule has 0 fully saturated rings. The molecule has 1 aliphatic carbocycles. The Kier molecular flexibility index (Phi) is 5.15. The number of hydrogen-bond donors (Lipinski definition) is 0. The van der Waals surface area contributed by atoms with E-state index in [0.29, 0.717) is 35.1 Å². The molecule has 0 amide bonds. The summed E-state index contributed by atoms with van der Waals surface area (Å²) in [5.41, 5.74) is 0.932. The minimum absolute atomic E-state index is 0.242. The molecule has 4 nitrogen and oxygen atoms in total. The van der Waals surface area contributed by atoms with E-state index < -0.39 is 21.8 Å². The van der Waals surface area contributed by atoms with Crippen LogP contribution in [0.15, 0.2) is 47.4 Å². The zero-order chi connectivity index (χ0) is 21.8. The van der Waals surface area contributed by atoms with Crippen molar-refractivity contribution in [3.8, 4) is 0 Å². The molecule has 160 valence electrons. The predicted octanol–water partition coefficient (Wildman–Crippen LogP) is 4.97. The van der Waals surface area contributed by atoms with Crippen LogP contribution in [-0.4, -0.2) is 37.4 Å².